The number of rotatable bonds is 11. The molecule has 0 aliphatic carbocycles. The van der Waals surface area contributed by atoms with Crippen molar-refractivity contribution in [1.29, 1.82) is 0 Å². The molecule has 0 saturated heterocycles. The summed E-state index contributed by atoms with van der Waals surface area (Å²) in [6, 6.07) is 0.194. The predicted octanol–water partition coefficient (Wildman–Crippen LogP) is 3.90. The molecule has 0 bridgehead atoms. The Balaban J connectivity index is 2.26. The lowest BCUT2D eigenvalue weighted by atomic mass is 10.2. The third-order valence-corrected chi connectivity index (χ3v) is 6.89. The number of thiophene rings is 1. The Kier molecular flexibility index (Phi) is 8.98. The number of carbonyl (C=O) groups is 1. The maximum Gasteiger partial charge on any atom is 0.263 e. The van der Waals surface area contributed by atoms with E-state index in [-0.39, 0.29) is 23.3 Å². The van der Waals surface area contributed by atoms with E-state index in [4.69, 9.17) is 9.72 Å². The first-order valence-electron chi connectivity index (χ1n) is 9.93. The average molecular weight is 426 g/mol. The number of nitrogens with one attached hydrogen (secondary N) is 1. The zero-order chi connectivity index (χ0) is 20.7. The van der Waals surface area contributed by atoms with Crippen LogP contribution in [-0.2, 0) is 16.1 Å². The SMILES string of the molecule is CCOCCCn1c(SCC(=O)NC(CC)CC)nc2sc(C)c(C)c2c1=O. The van der Waals surface area contributed by atoms with Crippen molar-refractivity contribution in [3.8, 4) is 0 Å². The van der Waals surface area contributed by atoms with Crippen molar-refractivity contribution in [2.24, 2.45) is 0 Å². The van der Waals surface area contributed by atoms with Crippen molar-refractivity contribution in [3.63, 3.8) is 0 Å². The zero-order valence-electron chi connectivity index (χ0n) is 17.5. The largest absolute Gasteiger partial charge is 0.382 e. The fraction of sp³-hybridized carbons (Fsp3) is 0.650. The van der Waals surface area contributed by atoms with Gasteiger partial charge in [0.2, 0.25) is 5.91 Å². The number of hydrogen-bond donors (Lipinski definition) is 1. The quantitative estimate of drug-likeness (QED) is 0.336. The molecule has 0 aliphatic rings. The van der Waals surface area contributed by atoms with Gasteiger partial charge in [0, 0.05) is 30.7 Å². The van der Waals surface area contributed by atoms with Crippen LogP contribution in [0.1, 0.15) is 50.5 Å². The van der Waals surface area contributed by atoms with E-state index >= 15 is 0 Å². The normalized spacial score (nSPS) is 11.5. The molecule has 2 rings (SSSR count). The van der Waals surface area contributed by atoms with Crippen LogP contribution in [0.3, 0.4) is 0 Å². The molecule has 8 heteroatoms. The number of ether oxygens (including phenoxy) is 1. The lowest BCUT2D eigenvalue weighted by Crippen LogP contribution is -2.35. The summed E-state index contributed by atoms with van der Waals surface area (Å²) in [7, 11) is 0. The Morgan fingerprint density at radius 1 is 1.29 bits per heavy atom. The molecular formula is C20H31N3O3S2. The van der Waals surface area contributed by atoms with Gasteiger partial charge in [-0.2, -0.15) is 0 Å². The van der Waals surface area contributed by atoms with E-state index in [0.29, 0.717) is 30.3 Å². The molecule has 156 valence electrons. The van der Waals surface area contributed by atoms with Gasteiger partial charge in [-0.15, -0.1) is 11.3 Å². The third kappa shape index (κ3) is 5.58. The van der Waals surface area contributed by atoms with Gasteiger partial charge in [0.05, 0.1) is 11.1 Å². The first-order valence-corrected chi connectivity index (χ1v) is 11.7. The van der Waals surface area contributed by atoms with E-state index in [1.165, 1.54) is 23.1 Å². The van der Waals surface area contributed by atoms with Gasteiger partial charge in [-0.05, 0) is 45.6 Å². The van der Waals surface area contributed by atoms with Gasteiger partial charge in [-0.25, -0.2) is 4.98 Å². The highest BCUT2D eigenvalue weighted by Crippen LogP contribution is 2.28. The molecule has 0 atom stereocenters. The highest BCUT2D eigenvalue weighted by Gasteiger charge is 2.18. The van der Waals surface area contributed by atoms with E-state index in [2.05, 4.69) is 19.2 Å². The van der Waals surface area contributed by atoms with E-state index in [0.717, 1.165) is 34.5 Å². The summed E-state index contributed by atoms with van der Waals surface area (Å²) in [6.07, 6.45) is 2.55. The number of nitrogens with zero attached hydrogens (tertiary/aromatic N) is 2. The van der Waals surface area contributed by atoms with Crippen LogP contribution in [-0.4, -0.2) is 40.5 Å². The van der Waals surface area contributed by atoms with Gasteiger partial charge in [0.15, 0.2) is 5.16 Å². The maximum atomic E-state index is 13.1. The highest BCUT2D eigenvalue weighted by molar-refractivity contribution is 7.99. The summed E-state index contributed by atoms with van der Waals surface area (Å²) in [5.74, 6) is 0.232. The Morgan fingerprint density at radius 2 is 2.00 bits per heavy atom. The molecule has 2 heterocycles. The van der Waals surface area contributed by atoms with Crippen molar-refractivity contribution in [2.75, 3.05) is 19.0 Å². The predicted molar refractivity (Wildman–Crippen MR) is 118 cm³/mol. The summed E-state index contributed by atoms with van der Waals surface area (Å²) in [5, 5.41) is 4.34. The van der Waals surface area contributed by atoms with Crippen molar-refractivity contribution >= 4 is 39.2 Å². The minimum absolute atomic E-state index is 0.0209. The summed E-state index contributed by atoms with van der Waals surface area (Å²) in [5.41, 5.74) is 0.977. The van der Waals surface area contributed by atoms with Gasteiger partial charge in [0.25, 0.3) is 5.56 Å². The summed E-state index contributed by atoms with van der Waals surface area (Å²) < 4.78 is 7.12. The van der Waals surface area contributed by atoms with Crippen molar-refractivity contribution in [1.82, 2.24) is 14.9 Å². The molecule has 2 aromatic heterocycles. The Hall–Kier alpha value is -1.38. The minimum Gasteiger partial charge on any atom is -0.382 e. The number of thioether (sulfide) groups is 1. The van der Waals surface area contributed by atoms with Crippen LogP contribution in [0.4, 0.5) is 0 Å². The Labute approximate surface area is 175 Å². The molecule has 0 unspecified atom stereocenters. The number of carbonyl (C=O) groups excluding carboxylic acids is 1. The van der Waals surface area contributed by atoms with Gasteiger partial charge in [-0.1, -0.05) is 25.6 Å². The molecule has 0 fully saturated rings. The second-order valence-corrected chi connectivity index (χ2v) is 8.88. The fourth-order valence-corrected chi connectivity index (χ4v) is 4.88. The van der Waals surface area contributed by atoms with Gasteiger partial charge >= 0.3 is 0 Å². The molecule has 1 amide bonds. The van der Waals surface area contributed by atoms with E-state index in [1.54, 1.807) is 4.57 Å². The molecule has 6 nitrogen and oxygen atoms in total. The highest BCUT2D eigenvalue weighted by atomic mass is 32.2. The average Bonchev–Trinajstić information content (AvgIpc) is 2.97. The molecule has 2 aromatic rings. The summed E-state index contributed by atoms with van der Waals surface area (Å²) in [6.45, 7) is 11.9. The second-order valence-electron chi connectivity index (χ2n) is 6.73. The molecule has 0 radical (unpaired) electrons. The van der Waals surface area contributed by atoms with Crippen molar-refractivity contribution in [2.45, 2.75) is 71.6 Å². The third-order valence-electron chi connectivity index (χ3n) is 4.81. The van der Waals surface area contributed by atoms with Crippen LogP contribution < -0.4 is 10.9 Å². The van der Waals surface area contributed by atoms with Crippen LogP contribution >= 0.6 is 23.1 Å². The van der Waals surface area contributed by atoms with E-state index in [9.17, 15) is 9.59 Å². The first kappa shape index (κ1) is 22.9. The summed E-state index contributed by atoms with van der Waals surface area (Å²) >= 11 is 2.87. The molecule has 28 heavy (non-hydrogen) atoms. The second kappa shape index (κ2) is 11.0. The minimum atomic E-state index is -0.0220. The summed E-state index contributed by atoms with van der Waals surface area (Å²) in [4.78, 5) is 32.0. The van der Waals surface area contributed by atoms with Crippen molar-refractivity contribution in [3.05, 3.63) is 20.8 Å². The van der Waals surface area contributed by atoms with Crippen LogP contribution in [0.15, 0.2) is 9.95 Å². The lowest BCUT2D eigenvalue weighted by Gasteiger charge is -2.15. The lowest BCUT2D eigenvalue weighted by molar-refractivity contribution is -0.119. The first-order chi connectivity index (χ1) is 13.4. The molecular weight excluding hydrogens is 394 g/mol. The van der Waals surface area contributed by atoms with Crippen LogP contribution in [0.2, 0.25) is 0 Å². The molecule has 0 saturated carbocycles. The topological polar surface area (TPSA) is 73.2 Å². The van der Waals surface area contributed by atoms with E-state index < -0.39 is 0 Å². The van der Waals surface area contributed by atoms with Crippen LogP contribution in [0, 0.1) is 13.8 Å². The van der Waals surface area contributed by atoms with Crippen LogP contribution in [0.5, 0.6) is 0 Å². The maximum absolute atomic E-state index is 13.1. The number of hydrogen-bond acceptors (Lipinski definition) is 6. The Morgan fingerprint density at radius 3 is 2.64 bits per heavy atom. The number of amides is 1. The standard InChI is InChI=1S/C20H31N3O3S2/c1-6-15(7-2)21-16(24)12-27-20-22-18-17(13(4)14(5)28-18)19(25)23(20)10-9-11-26-8-3/h15H,6-12H2,1-5H3,(H,21,24). The number of fused-ring (bicyclic) bond motifs is 1. The number of aromatic nitrogens is 2. The Bertz CT molecular complexity index is 856. The molecule has 0 aromatic carbocycles. The monoisotopic (exact) mass is 425 g/mol. The zero-order valence-corrected chi connectivity index (χ0v) is 19.1. The molecule has 0 aliphatic heterocycles. The van der Waals surface area contributed by atoms with Crippen LogP contribution in [0.25, 0.3) is 10.2 Å². The number of aryl methyl sites for hydroxylation is 2. The van der Waals surface area contributed by atoms with Gasteiger partial charge < -0.3 is 10.1 Å². The van der Waals surface area contributed by atoms with Gasteiger partial charge in [-0.3, -0.25) is 14.2 Å². The molecule has 0 spiro atoms. The molecule has 1 N–H and O–H groups in total. The fourth-order valence-electron chi connectivity index (χ4n) is 2.98. The van der Waals surface area contributed by atoms with E-state index in [1.807, 2.05) is 20.8 Å². The van der Waals surface area contributed by atoms with Crippen molar-refractivity contribution < 1.29 is 9.53 Å². The van der Waals surface area contributed by atoms with Gasteiger partial charge in [0.1, 0.15) is 4.83 Å². The smallest absolute Gasteiger partial charge is 0.263 e.